The summed E-state index contributed by atoms with van der Waals surface area (Å²) in [5, 5.41) is 0. The largest absolute Gasteiger partial charge is 0.378 e. The summed E-state index contributed by atoms with van der Waals surface area (Å²) < 4.78 is 5.69. The van der Waals surface area contributed by atoms with Crippen LogP contribution in [0.4, 0.5) is 0 Å². The molecule has 1 saturated carbocycles. The molecule has 1 rings (SSSR count). The van der Waals surface area contributed by atoms with Gasteiger partial charge in [-0.2, -0.15) is 0 Å². The Labute approximate surface area is 70.1 Å². The van der Waals surface area contributed by atoms with Crippen molar-refractivity contribution in [3.63, 3.8) is 0 Å². The molecule has 1 radical (unpaired) electrons. The average Bonchev–Trinajstić information content (AvgIpc) is 2.07. The molecule has 0 heterocycles. The number of ether oxygens (including phenoxy) is 1. The summed E-state index contributed by atoms with van der Waals surface area (Å²) in [6, 6.07) is 0. The Bertz CT molecular complexity index is 84.9. The Morgan fingerprint density at radius 2 is 2.00 bits per heavy atom. The van der Waals surface area contributed by atoms with E-state index in [0.29, 0.717) is 6.10 Å². The van der Waals surface area contributed by atoms with Crippen molar-refractivity contribution < 1.29 is 4.74 Å². The Kier molecular flexibility index (Phi) is 4.60. The summed E-state index contributed by atoms with van der Waals surface area (Å²) in [5.74, 6) is 0. The van der Waals surface area contributed by atoms with Crippen LogP contribution in [0.1, 0.15) is 45.4 Å². The van der Waals surface area contributed by atoms with Gasteiger partial charge in [-0.1, -0.05) is 26.2 Å². The second kappa shape index (κ2) is 5.59. The SMILES string of the molecule is C[CH]CCOC1CCCCC1. The lowest BCUT2D eigenvalue weighted by Crippen LogP contribution is -2.16. The predicted molar refractivity (Wildman–Crippen MR) is 47.4 cm³/mol. The van der Waals surface area contributed by atoms with Gasteiger partial charge in [0.15, 0.2) is 0 Å². The van der Waals surface area contributed by atoms with Crippen LogP contribution in [-0.4, -0.2) is 12.7 Å². The molecule has 0 atom stereocenters. The molecule has 0 N–H and O–H groups in total. The maximum absolute atomic E-state index is 5.69. The average molecular weight is 155 g/mol. The summed E-state index contributed by atoms with van der Waals surface area (Å²) in [5.41, 5.74) is 0. The Morgan fingerprint density at radius 1 is 1.27 bits per heavy atom. The van der Waals surface area contributed by atoms with Crippen molar-refractivity contribution in [1.29, 1.82) is 0 Å². The molecule has 1 heteroatoms. The second-order valence-electron chi connectivity index (χ2n) is 3.33. The third-order valence-corrected chi connectivity index (χ3v) is 2.31. The monoisotopic (exact) mass is 155 g/mol. The van der Waals surface area contributed by atoms with E-state index in [1.54, 1.807) is 0 Å². The van der Waals surface area contributed by atoms with Gasteiger partial charge in [0.2, 0.25) is 0 Å². The van der Waals surface area contributed by atoms with Gasteiger partial charge in [-0.15, -0.1) is 0 Å². The summed E-state index contributed by atoms with van der Waals surface area (Å²) in [4.78, 5) is 0. The highest BCUT2D eigenvalue weighted by atomic mass is 16.5. The lowest BCUT2D eigenvalue weighted by molar-refractivity contribution is 0.0300. The quantitative estimate of drug-likeness (QED) is 0.567. The van der Waals surface area contributed by atoms with E-state index in [1.165, 1.54) is 32.1 Å². The van der Waals surface area contributed by atoms with Gasteiger partial charge in [0.05, 0.1) is 6.10 Å². The van der Waals surface area contributed by atoms with Crippen molar-refractivity contribution in [2.45, 2.75) is 51.6 Å². The van der Waals surface area contributed by atoms with Gasteiger partial charge in [0.25, 0.3) is 0 Å². The highest BCUT2D eigenvalue weighted by molar-refractivity contribution is 4.65. The molecule has 0 saturated heterocycles. The van der Waals surface area contributed by atoms with Crippen LogP contribution in [0.5, 0.6) is 0 Å². The van der Waals surface area contributed by atoms with Crippen molar-refractivity contribution in [2.75, 3.05) is 6.61 Å². The minimum atomic E-state index is 0.587. The van der Waals surface area contributed by atoms with E-state index < -0.39 is 0 Å². The van der Waals surface area contributed by atoms with Gasteiger partial charge >= 0.3 is 0 Å². The van der Waals surface area contributed by atoms with E-state index in [4.69, 9.17) is 4.74 Å². The molecular formula is C10H19O. The van der Waals surface area contributed by atoms with Crippen molar-refractivity contribution in [3.8, 4) is 0 Å². The third-order valence-electron chi connectivity index (χ3n) is 2.31. The van der Waals surface area contributed by atoms with E-state index in [1.807, 2.05) is 0 Å². The molecule has 0 aromatic heterocycles. The number of hydrogen-bond acceptors (Lipinski definition) is 1. The summed E-state index contributed by atoms with van der Waals surface area (Å²) >= 11 is 0. The molecular weight excluding hydrogens is 136 g/mol. The van der Waals surface area contributed by atoms with Crippen LogP contribution in [0.3, 0.4) is 0 Å². The number of rotatable bonds is 4. The zero-order valence-electron chi connectivity index (χ0n) is 7.51. The smallest absolute Gasteiger partial charge is 0.0575 e. The minimum absolute atomic E-state index is 0.587. The first kappa shape index (κ1) is 9.05. The molecule has 0 amide bonds. The summed E-state index contributed by atoms with van der Waals surface area (Å²) in [7, 11) is 0. The lowest BCUT2D eigenvalue weighted by Gasteiger charge is -2.21. The molecule has 0 bridgehead atoms. The van der Waals surface area contributed by atoms with Crippen molar-refractivity contribution in [1.82, 2.24) is 0 Å². The molecule has 0 aromatic carbocycles. The van der Waals surface area contributed by atoms with Crippen LogP contribution >= 0.6 is 0 Å². The first-order valence-corrected chi connectivity index (χ1v) is 4.83. The van der Waals surface area contributed by atoms with E-state index in [2.05, 4.69) is 13.3 Å². The van der Waals surface area contributed by atoms with Crippen molar-refractivity contribution in [3.05, 3.63) is 6.42 Å². The van der Waals surface area contributed by atoms with Gasteiger partial charge in [-0.3, -0.25) is 0 Å². The van der Waals surface area contributed by atoms with Crippen LogP contribution in [-0.2, 0) is 4.74 Å². The standard InChI is InChI=1S/C10H19O/c1-2-3-9-11-10-7-5-4-6-8-10/h2,10H,3-9H2,1H3. The van der Waals surface area contributed by atoms with Gasteiger partial charge in [-0.25, -0.2) is 0 Å². The summed E-state index contributed by atoms with van der Waals surface area (Å²) in [6.45, 7) is 3.02. The molecule has 0 unspecified atom stereocenters. The molecule has 1 aliphatic carbocycles. The van der Waals surface area contributed by atoms with Gasteiger partial charge in [0, 0.05) is 6.61 Å². The third kappa shape index (κ3) is 3.76. The minimum Gasteiger partial charge on any atom is -0.378 e. The molecule has 1 aliphatic rings. The molecule has 0 aliphatic heterocycles. The number of hydrogen-bond donors (Lipinski definition) is 0. The first-order valence-electron chi connectivity index (χ1n) is 4.83. The topological polar surface area (TPSA) is 9.23 Å². The van der Waals surface area contributed by atoms with Crippen LogP contribution in [0, 0.1) is 6.42 Å². The Morgan fingerprint density at radius 3 is 2.64 bits per heavy atom. The number of unbranched alkanes of at least 4 members (excludes halogenated alkanes) is 1. The van der Waals surface area contributed by atoms with Crippen LogP contribution in [0.15, 0.2) is 0 Å². The summed E-state index contributed by atoms with van der Waals surface area (Å²) in [6.07, 6.45) is 10.6. The van der Waals surface area contributed by atoms with Crippen molar-refractivity contribution >= 4 is 0 Å². The zero-order valence-corrected chi connectivity index (χ0v) is 7.51. The lowest BCUT2D eigenvalue weighted by atomic mass is 9.98. The Balaban J connectivity index is 1.96. The van der Waals surface area contributed by atoms with E-state index >= 15 is 0 Å². The first-order chi connectivity index (χ1) is 5.43. The molecule has 11 heavy (non-hydrogen) atoms. The fourth-order valence-electron chi connectivity index (χ4n) is 1.58. The van der Waals surface area contributed by atoms with Crippen LogP contribution < -0.4 is 0 Å². The zero-order chi connectivity index (χ0) is 7.94. The van der Waals surface area contributed by atoms with E-state index in [-0.39, 0.29) is 0 Å². The van der Waals surface area contributed by atoms with Crippen LogP contribution in [0.2, 0.25) is 0 Å². The maximum Gasteiger partial charge on any atom is 0.0575 e. The van der Waals surface area contributed by atoms with E-state index in [9.17, 15) is 0 Å². The molecule has 65 valence electrons. The molecule has 1 nitrogen and oxygen atoms in total. The highest BCUT2D eigenvalue weighted by Gasteiger charge is 2.12. The highest BCUT2D eigenvalue weighted by Crippen LogP contribution is 2.20. The fourth-order valence-corrected chi connectivity index (χ4v) is 1.58. The maximum atomic E-state index is 5.69. The Hall–Kier alpha value is -0.0400. The molecule has 0 aromatic rings. The normalized spacial score (nSPS) is 20.5. The molecule has 1 fully saturated rings. The van der Waals surface area contributed by atoms with Gasteiger partial charge in [-0.05, 0) is 25.7 Å². The van der Waals surface area contributed by atoms with Crippen LogP contribution in [0.25, 0.3) is 0 Å². The predicted octanol–water partition coefficient (Wildman–Crippen LogP) is 2.95. The van der Waals surface area contributed by atoms with Crippen molar-refractivity contribution in [2.24, 2.45) is 0 Å². The second-order valence-corrected chi connectivity index (χ2v) is 3.33. The van der Waals surface area contributed by atoms with Gasteiger partial charge < -0.3 is 4.74 Å². The van der Waals surface area contributed by atoms with Gasteiger partial charge in [0.1, 0.15) is 0 Å². The molecule has 0 spiro atoms. The fraction of sp³-hybridized carbons (Fsp3) is 0.900. The van der Waals surface area contributed by atoms with E-state index in [0.717, 1.165) is 13.0 Å².